The van der Waals surface area contributed by atoms with Gasteiger partial charge in [0.1, 0.15) is 11.5 Å². The number of ether oxygens (including phenoxy) is 1. The van der Waals surface area contributed by atoms with E-state index in [1.54, 1.807) is 37.4 Å². The lowest BCUT2D eigenvalue weighted by Crippen LogP contribution is -2.31. The van der Waals surface area contributed by atoms with Crippen molar-refractivity contribution < 1.29 is 19.4 Å². The van der Waals surface area contributed by atoms with E-state index in [0.717, 1.165) is 5.56 Å². The van der Waals surface area contributed by atoms with Gasteiger partial charge in [0.2, 0.25) is 5.95 Å². The van der Waals surface area contributed by atoms with Crippen LogP contribution in [0.1, 0.15) is 43.5 Å². The molecular weight excluding hydrogens is 418 g/mol. The standard InChI is InChI=1S/C26H25N3O4/c1-26(2,3)18-10-6-16(7-11-18)21-20(22(30)17-8-12-19(33-4)13-9-17)23(31)24(32)29(21)25-27-14-5-15-28-25/h5-15,21,30H,1-4H3/b22-20+/t21-/m1/s1. The number of ketones is 1. The Bertz CT molecular complexity index is 1210. The summed E-state index contributed by atoms with van der Waals surface area (Å²) in [6, 6.07) is 15.1. The number of benzene rings is 2. The molecule has 0 saturated carbocycles. The minimum Gasteiger partial charge on any atom is -0.507 e. The summed E-state index contributed by atoms with van der Waals surface area (Å²) in [7, 11) is 1.54. The normalized spacial score (nSPS) is 17.9. The number of aliphatic hydroxyl groups excluding tert-OH is 1. The van der Waals surface area contributed by atoms with E-state index in [-0.39, 0.29) is 22.7 Å². The van der Waals surface area contributed by atoms with E-state index in [9.17, 15) is 14.7 Å². The van der Waals surface area contributed by atoms with Crippen molar-refractivity contribution in [3.63, 3.8) is 0 Å². The Labute approximate surface area is 192 Å². The molecule has 33 heavy (non-hydrogen) atoms. The summed E-state index contributed by atoms with van der Waals surface area (Å²) < 4.78 is 5.17. The highest BCUT2D eigenvalue weighted by molar-refractivity contribution is 6.51. The maximum Gasteiger partial charge on any atom is 0.302 e. The summed E-state index contributed by atoms with van der Waals surface area (Å²) in [4.78, 5) is 35.9. The van der Waals surface area contributed by atoms with Crippen molar-refractivity contribution >= 4 is 23.4 Å². The molecular formula is C26H25N3O4. The van der Waals surface area contributed by atoms with E-state index in [4.69, 9.17) is 4.74 Å². The van der Waals surface area contributed by atoms with Crippen LogP contribution in [0.2, 0.25) is 0 Å². The number of amides is 1. The fourth-order valence-corrected chi connectivity index (χ4v) is 3.84. The van der Waals surface area contributed by atoms with Crippen molar-refractivity contribution in [2.45, 2.75) is 32.2 Å². The lowest BCUT2D eigenvalue weighted by Gasteiger charge is -2.25. The SMILES string of the molecule is COc1ccc(/C(O)=C2\C(=O)C(=O)N(c3ncccn3)[C@@H]2c2ccc(C(C)(C)C)cc2)cc1. The Hall–Kier alpha value is -4.00. The minimum absolute atomic E-state index is 0.0128. The van der Waals surface area contributed by atoms with Crippen molar-refractivity contribution in [3.05, 3.63) is 89.3 Å². The van der Waals surface area contributed by atoms with Crippen molar-refractivity contribution in [2.75, 3.05) is 12.0 Å². The average molecular weight is 444 g/mol. The Balaban J connectivity index is 1.90. The van der Waals surface area contributed by atoms with Gasteiger partial charge in [-0.2, -0.15) is 0 Å². The van der Waals surface area contributed by atoms with Crippen LogP contribution in [-0.4, -0.2) is 33.9 Å². The molecule has 0 radical (unpaired) electrons. The number of rotatable bonds is 4. The number of nitrogens with zero attached hydrogens (tertiary/aromatic N) is 3. The topological polar surface area (TPSA) is 92.6 Å². The highest BCUT2D eigenvalue weighted by Gasteiger charge is 2.48. The summed E-state index contributed by atoms with van der Waals surface area (Å²) in [6.45, 7) is 6.32. The number of methoxy groups -OCH3 is 1. The van der Waals surface area contributed by atoms with E-state index in [2.05, 4.69) is 30.7 Å². The van der Waals surface area contributed by atoms with Gasteiger partial charge in [-0.05, 0) is 46.9 Å². The molecule has 7 nitrogen and oxygen atoms in total. The van der Waals surface area contributed by atoms with Gasteiger partial charge in [0.05, 0.1) is 18.7 Å². The Kier molecular flexibility index (Phi) is 5.72. The van der Waals surface area contributed by atoms with Crippen molar-refractivity contribution in [1.82, 2.24) is 9.97 Å². The number of Topliss-reactive ketones (excluding diaryl/α,β-unsaturated/α-hetero) is 1. The third-order valence-corrected chi connectivity index (χ3v) is 5.67. The zero-order valence-electron chi connectivity index (χ0n) is 18.9. The fraction of sp³-hybridized carbons (Fsp3) is 0.231. The molecule has 3 aromatic rings. The molecule has 0 spiro atoms. The molecule has 0 aliphatic carbocycles. The monoisotopic (exact) mass is 443 g/mol. The minimum atomic E-state index is -0.872. The number of anilines is 1. The zero-order chi connectivity index (χ0) is 23.8. The van der Waals surface area contributed by atoms with Crippen LogP contribution < -0.4 is 9.64 Å². The molecule has 7 heteroatoms. The predicted octanol–water partition coefficient (Wildman–Crippen LogP) is 4.41. The second-order valence-electron chi connectivity index (χ2n) is 8.82. The van der Waals surface area contributed by atoms with Gasteiger partial charge < -0.3 is 9.84 Å². The van der Waals surface area contributed by atoms with E-state index in [1.165, 1.54) is 17.3 Å². The summed E-state index contributed by atoms with van der Waals surface area (Å²) >= 11 is 0. The number of hydrogen-bond donors (Lipinski definition) is 1. The molecule has 1 N–H and O–H groups in total. The first-order chi connectivity index (χ1) is 15.7. The van der Waals surface area contributed by atoms with Crippen molar-refractivity contribution in [1.29, 1.82) is 0 Å². The first kappa shape index (κ1) is 22.2. The van der Waals surface area contributed by atoms with Gasteiger partial charge in [-0.3, -0.25) is 14.5 Å². The van der Waals surface area contributed by atoms with Crippen molar-refractivity contribution in [2.24, 2.45) is 0 Å². The van der Waals surface area contributed by atoms with Crippen LogP contribution in [0.5, 0.6) is 5.75 Å². The molecule has 1 aliphatic rings. The highest BCUT2D eigenvalue weighted by Crippen LogP contribution is 2.41. The maximum atomic E-state index is 13.1. The smallest absolute Gasteiger partial charge is 0.302 e. The summed E-state index contributed by atoms with van der Waals surface area (Å²) in [5.41, 5.74) is 2.10. The second kappa shape index (κ2) is 8.50. The Morgan fingerprint density at radius 3 is 2.12 bits per heavy atom. The number of carbonyl (C=O) groups is 2. The average Bonchev–Trinajstić information content (AvgIpc) is 3.09. The molecule has 168 valence electrons. The van der Waals surface area contributed by atoms with Crippen LogP contribution in [0.25, 0.3) is 5.76 Å². The van der Waals surface area contributed by atoms with E-state index >= 15 is 0 Å². The molecule has 1 amide bonds. The fourth-order valence-electron chi connectivity index (χ4n) is 3.84. The third kappa shape index (κ3) is 4.09. The number of aliphatic hydroxyl groups is 1. The number of aromatic nitrogens is 2. The first-order valence-electron chi connectivity index (χ1n) is 10.6. The van der Waals surface area contributed by atoms with Crippen LogP contribution in [0.4, 0.5) is 5.95 Å². The van der Waals surface area contributed by atoms with Gasteiger partial charge in [-0.25, -0.2) is 9.97 Å². The molecule has 1 aliphatic heterocycles. The summed E-state index contributed by atoms with van der Waals surface area (Å²) in [5.74, 6) is -1.14. The predicted molar refractivity (Wildman–Crippen MR) is 125 cm³/mol. The molecule has 2 heterocycles. The largest absolute Gasteiger partial charge is 0.507 e. The van der Waals surface area contributed by atoms with Gasteiger partial charge in [0.25, 0.3) is 5.78 Å². The molecule has 1 aromatic heterocycles. The number of hydrogen-bond acceptors (Lipinski definition) is 6. The quantitative estimate of drug-likeness (QED) is 0.365. The molecule has 2 aromatic carbocycles. The Morgan fingerprint density at radius 1 is 0.970 bits per heavy atom. The van der Waals surface area contributed by atoms with Crippen LogP contribution in [0, 0.1) is 0 Å². The molecule has 1 atom stereocenters. The Morgan fingerprint density at radius 2 is 1.58 bits per heavy atom. The molecule has 0 unspecified atom stereocenters. The van der Waals surface area contributed by atoms with Gasteiger partial charge in [-0.1, -0.05) is 45.0 Å². The van der Waals surface area contributed by atoms with Crippen molar-refractivity contribution in [3.8, 4) is 5.75 Å². The zero-order valence-corrected chi connectivity index (χ0v) is 18.9. The molecule has 1 fully saturated rings. The first-order valence-corrected chi connectivity index (χ1v) is 10.6. The van der Waals surface area contributed by atoms with Gasteiger partial charge in [0, 0.05) is 18.0 Å². The van der Waals surface area contributed by atoms with Crippen LogP contribution in [-0.2, 0) is 15.0 Å². The van der Waals surface area contributed by atoms with Crippen LogP contribution in [0.3, 0.4) is 0 Å². The van der Waals surface area contributed by atoms with Crippen LogP contribution in [0.15, 0.2) is 72.6 Å². The highest BCUT2D eigenvalue weighted by atomic mass is 16.5. The van der Waals surface area contributed by atoms with E-state index in [1.807, 2.05) is 24.3 Å². The molecule has 0 bridgehead atoms. The lowest BCUT2D eigenvalue weighted by atomic mass is 9.85. The summed E-state index contributed by atoms with van der Waals surface area (Å²) in [6.07, 6.45) is 3.01. The summed E-state index contributed by atoms with van der Waals surface area (Å²) in [5, 5.41) is 11.2. The van der Waals surface area contributed by atoms with Gasteiger partial charge in [-0.15, -0.1) is 0 Å². The van der Waals surface area contributed by atoms with E-state index < -0.39 is 17.7 Å². The third-order valence-electron chi connectivity index (χ3n) is 5.67. The lowest BCUT2D eigenvalue weighted by molar-refractivity contribution is -0.132. The second-order valence-corrected chi connectivity index (χ2v) is 8.82. The van der Waals surface area contributed by atoms with Crippen LogP contribution >= 0.6 is 0 Å². The number of carbonyl (C=O) groups excluding carboxylic acids is 2. The van der Waals surface area contributed by atoms with Gasteiger partial charge in [0.15, 0.2) is 0 Å². The van der Waals surface area contributed by atoms with E-state index in [0.29, 0.717) is 16.9 Å². The molecule has 4 rings (SSSR count). The molecule has 1 saturated heterocycles. The maximum absolute atomic E-state index is 13.1. The van der Waals surface area contributed by atoms with Gasteiger partial charge >= 0.3 is 5.91 Å².